The van der Waals surface area contributed by atoms with Crippen molar-refractivity contribution in [3.63, 3.8) is 0 Å². The number of rotatable bonds is 5. The number of carbonyl (C=O) groups is 2. The molecule has 0 saturated carbocycles. The number of nitrogens with zero attached hydrogens (tertiary/aromatic N) is 3. The smallest absolute Gasteiger partial charge is 0.255 e. The molecule has 0 aliphatic carbocycles. The number of carbonyl (C=O) groups excluding carboxylic acids is 2. The van der Waals surface area contributed by atoms with Crippen molar-refractivity contribution in [2.24, 2.45) is 0 Å². The molecular weight excluding hydrogens is 418 g/mol. The molecule has 0 spiro atoms. The Labute approximate surface area is 173 Å². The molecule has 0 atom stereocenters. The molecule has 5 nitrogen and oxygen atoms in total. The van der Waals surface area contributed by atoms with Crippen molar-refractivity contribution < 1.29 is 9.59 Å². The van der Waals surface area contributed by atoms with Crippen LogP contribution in [-0.4, -0.2) is 53.8 Å². The van der Waals surface area contributed by atoms with Gasteiger partial charge in [-0.2, -0.15) is 0 Å². The zero-order chi connectivity index (χ0) is 20.3. The van der Waals surface area contributed by atoms with Gasteiger partial charge in [-0.05, 0) is 31.2 Å². The highest BCUT2D eigenvalue weighted by atomic mass is 79.9. The van der Waals surface area contributed by atoms with Crippen LogP contribution in [0.4, 0.5) is 0 Å². The molecule has 0 unspecified atom stereocenters. The second-order valence-corrected chi connectivity index (χ2v) is 7.60. The number of fused-ring (bicyclic) bond motifs is 1. The Kier molecular flexibility index (Phi) is 6.09. The van der Waals surface area contributed by atoms with Gasteiger partial charge in [0.25, 0.3) is 5.91 Å². The molecule has 1 heterocycles. The Bertz CT molecular complexity index is 1020. The Morgan fingerprint density at radius 2 is 1.71 bits per heavy atom. The van der Waals surface area contributed by atoms with Crippen LogP contribution >= 0.6 is 15.9 Å². The molecule has 0 N–H and O–H groups in total. The molecule has 0 aliphatic heterocycles. The van der Waals surface area contributed by atoms with Crippen molar-refractivity contribution in [3.8, 4) is 11.3 Å². The molecule has 144 valence electrons. The quantitative estimate of drug-likeness (QED) is 0.597. The number of halogens is 1. The first-order valence-corrected chi connectivity index (χ1v) is 9.85. The van der Waals surface area contributed by atoms with E-state index in [4.69, 9.17) is 4.98 Å². The lowest BCUT2D eigenvalue weighted by molar-refractivity contribution is -0.129. The summed E-state index contributed by atoms with van der Waals surface area (Å²) in [5, 5.41) is 0.782. The number of para-hydroxylation sites is 1. The Morgan fingerprint density at radius 1 is 1.04 bits per heavy atom. The fourth-order valence-corrected chi connectivity index (χ4v) is 3.19. The second-order valence-electron chi connectivity index (χ2n) is 6.69. The second kappa shape index (κ2) is 8.52. The molecule has 3 aromatic rings. The van der Waals surface area contributed by atoms with Crippen LogP contribution in [0.15, 0.2) is 59.1 Å². The minimum absolute atomic E-state index is 0.0482. The lowest BCUT2D eigenvalue weighted by Crippen LogP contribution is -2.40. The summed E-state index contributed by atoms with van der Waals surface area (Å²) >= 11 is 3.44. The summed E-state index contributed by atoms with van der Waals surface area (Å²) in [7, 11) is 3.38. The van der Waals surface area contributed by atoms with Crippen molar-refractivity contribution in [2.75, 3.05) is 27.2 Å². The Balaban J connectivity index is 2.09. The van der Waals surface area contributed by atoms with Crippen LogP contribution < -0.4 is 0 Å². The van der Waals surface area contributed by atoms with Gasteiger partial charge in [0, 0.05) is 36.1 Å². The van der Waals surface area contributed by atoms with Gasteiger partial charge in [0.05, 0.1) is 23.3 Å². The topological polar surface area (TPSA) is 53.5 Å². The molecule has 2 amide bonds. The predicted octanol–water partition coefficient (Wildman–Crippen LogP) is 4.21. The van der Waals surface area contributed by atoms with Crippen molar-refractivity contribution in [1.82, 2.24) is 14.8 Å². The number of hydrogen-bond donors (Lipinski definition) is 0. The van der Waals surface area contributed by atoms with E-state index in [1.807, 2.05) is 61.5 Å². The van der Waals surface area contributed by atoms with Gasteiger partial charge in [-0.1, -0.05) is 46.3 Å². The van der Waals surface area contributed by atoms with Crippen LogP contribution in [0.3, 0.4) is 0 Å². The van der Waals surface area contributed by atoms with E-state index in [1.165, 1.54) is 4.90 Å². The number of hydrogen-bond acceptors (Lipinski definition) is 3. The third-order valence-corrected chi connectivity index (χ3v) is 5.11. The maximum atomic E-state index is 13.3. The SMILES string of the molecule is CCN(CC(=O)N(C)C)C(=O)c1cc(-c2ccc(Br)cc2)nc2ccccc12. The highest BCUT2D eigenvalue weighted by Gasteiger charge is 2.21. The first-order chi connectivity index (χ1) is 13.4. The maximum Gasteiger partial charge on any atom is 0.255 e. The third kappa shape index (κ3) is 4.22. The molecule has 6 heteroatoms. The zero-order valence-corrected chi connectivity index (χ0v) is 17.7. The minimum atomic E-state index is -0.172. The molecule has 3 rings (SSSR count). The summed E-state index contributed by atoms with van der Waals surface area (Å²) in [6, 6.07) is 17.2. The summed E-state index contributed by atoms with van der Waals surface area (Å²) in [5.41, 5.74) is 2.96. The maximum absolute atomic E-state index is 13.3. The molecule has 28 heavy (non-hydrogen) atoms. The highest BCUT2D eigenvalue weighted by Crippen LogP contribution is 2.27. The molecule has 0 saturated heterocycles. The van der Waals surface area contributed by atoms with Gasteiger partial charge >= 0.3 is 0 Å². The van der Waals surface area contributed by atoms with Gasteiger partial charge in [-0.15, -0.1) is 0 Å². The van der Waals surface area contributed by atoms with Crippen LogP contribution in [0.2, 0.25) is 0 Å². The van der Waals surface area contributed by atoms with E-state index >= 15 is 0 Å². The van der Waals surface area contributed by atoms with Crippen molar-refractivity contribution in [3.05, 3.63) is 64.6 Å². The monoisotopic (exact) mass is 439 g/mol. The van der Waals surface area contributed by atoms with E-state index in [0.717, 1.165) is 26.6 Å². The van der Waals surface area contributed by atoms with Gasteiger partial charge in [0.1, 0.15) is 0 Å². The van der Waals surface area contributed by atoms with Gasteiger partial charge in [-0.3, -0.25) is 9.59 Å². The Hall–Kier alpha value is -2.73. The third-order valence-electron chi connectivity index (χ3n) is 4.58. The molecule has 1 aromatic heterocycles. The molecule has 0 bridgehead atoms. The average molecular weight is 440 g/mol. The number of aromatic nitrogens is 1. The fraction of sp³-hybridized carbons (Fsp3) is 0.227. The average Bonchev–Trinajstić information content (AvgIpc) is 2.71. The van der Waals surface area contributed by atoms with Crippen LogP contribution in [0, 0.1) is 0 Å². The first-order valence-electron chi connectivity index (χ1n) is 9.06. The van der Waals surface area contributed by atoms with Crippen LogP contribution in [0.25, 0.3) is 22.2 Å². The van der Waals surface area contributed by atoms with Gasteiger partial charge in [0.2, 0.25) is 5.91 Å². The molecule has 2 aromatic carbocycles. The summed E-state index contributed by atoms with van der Waals surface area (Å²) < 4.78 is 0.979. The van der Waals surface area contributed by atoms with Gasteiger partial charge in [0.15, 0.2) is 0 Å². The van der Waals surface area contributed by atoms with E-state index in [-0.39, 0.29) is 18.4 Å². The minimum Gasteiger partial charge on any atom is -0.347 e. The summed E-state index contributed by atoms with van der Waals surface area (Å²) in [6.07, 6.45) is 0. The van der Waals surface area contributed by atoms with E-state index in [0.29, 0.717) is 12.1 Å². The van der Waals surface area contributed by atoms with Gasteiger partial charge in [-0.25, -0.2) is 4.98 Å². The van der Waals surface area contributed by atoms with E-state index in [9.17, 15) is 9.59 Å². The van der Waals surface area contributed by atoms with E-state index < -0.39 is 0 Å². The lowest BCUT2D eigenvalue weighted by atomic mass is 10.0. The first kappa shape index (κ1) is 20.0. The van der Waals surface area contributed by atoms with Crippen LogP contribution in [0.1, 0.15) is 17.3 Å². The van der Waals surface area contributed by atoms with Crippen molar-refractivity contribution in [1.29, 1.82) is 0 Å². The molecular formula is C22H22BrN3O2. The van der Waals surface area contributed by atoms with Crippen LogP contribution in [-0.2, 0) is 4.79 Å². The predicted molar refractivity (Wildman–Crippen MR) is 115 cm³/mol. The Morgan fingerprint density at radius 3 is 2.36 bits per heavy atom. The normalized spacial score (nSPS) is 10.7. The summed E-state index contributed by atoms with van der Waals surface area (Å²) in [4.78, 5) is 33.2. The van der Waals surface area contributed by atoms with Crippen molar-refractivity contribution >= 4 is 38.6 Å². The highest BCUT2D eigenvalue weighted by molar-refractivity contribution is 9.10. The fourth-order valence-electron chi connectivity index (χ4n) is 2.92. The molecule has 0 aliphatic rings. The van der Waals surface area contributed by atoms with Crippen molar-refractivity contribution in [2.45, 2.75) is 6.92 Å². The number of likely N-dealkylation sites (N-methyl/N-ethyl adjacent to an activating group) is 2. The largest absolute Gasteiger partial charge is 0.347 e. The summed E-state index contributed by atoms with van der Waals surface area (Å²) in [5.74, 6) is -0.281. The van der Waals surface area contributed by atoms with Gasteiger partial charge < -0.3 is 9.80 Å². The summed E-state index contributed by atoms with van der Waals surface area (Å²) in [6.45, 7) is 2.37. The lowest BCUT2D eigenvalue weighted by Gasteiger charge is -2.23. The zero-order valence-electron chi connectivity index (χ0n) is 16.1. The molecule has 0 radical (unpaired) electrons. The molecule has 0 fully saturated rings. The number of amides is 2. The van der Waals surface area contributed by atoms with E-state index in [2.05, 4.69) is 15.9 Å². The number of benzene rings is 2. The standard InChI is InChI=1S/C22H22BrN3O2/c1-4-26(14-21(27)25(2)3)22(28)18-13-20(15-9-11-16(23)12-10-15)24-19-8-6-5-7-17(18)19/h5-13H,4,14H2,1-3H3. The van der Waals surface area contributed by atoms with Crippen LogP contribution in [0.5, 0.6) is 0 Å². The number of pyridine rings is 1. The van der Waals surface area contributed by atoms with E-state index in [1.54, 1.807) is 19.0 Å².